The van der Waals surface area contributed by atoms with Crippen molar-refractivity contribution in [3.63, 3.8) is 0 Å². The molecule has 7 nitrogen and oxygen atoms in total. The second kappa shape index (κ2) is 4.93. The van der Waals surface area contributed by atoms with E-state index in [1.165, 1.54) is 26.2 Å². The summed E-state index contributed by atoms with van der Waals surface area (Å²) in [6.45, 7) is 1.28. The van der Waals surface area contributed by atoms with Gasteiger partial charge in [-0.25, -0.2) is 4.79 Å². The molecule has 106 valence electrons. The van der Waals surface area contributed by atoms with E-state index in [1.54, 1.807) is 22.9 Å². The molecule has 1 N–H and O–H groups in total. The quantitative estimate of drug-likeness (QED) is 0.519. The van der Waals surface area contributed by atoms with E-state index in [2.05, 4.69) is 4.74 Å². The summed E-state index contributed by atoms with van der Waals surface area (Å²) < 4.78 is 6.11. The summed E-state index contributed by atoms with van der Waals surface area (Å²) in [5.74, 6) is -0.759. The molecule has 20 heavy (non-hydrogen) atoms. The Labute approximate surface area is 114 Å². The Morgan fingerprint density at radius 1 is 1.50 bits per heavy atom. The van der Waals surface area contributed by atoms with Gasteiger partial charge < -0.3 is 14.4 Å². The van der Waals surface area contributed by atoms with Crippen LogP contribution in [0.5, 0.6) is 0 Å². The number of benzene rings is 1. The molecule has 0 spiro atoms. The number of hydrogen-bond donors (Lipinski definition) is 1. The van der Waals surface area contributed by atoms with Gasteiger partial charge in [0.1, 0.15) is 0 Å². The van der Waals surface area contributed by atoms with Gasteiger partial charge in [0, 0.05) is 23.7 Å². The van der Waals surface area contributed by atoms with Crippen LogP contribution in [0.25, 0.3) is 10.9 Å². The molecule has 0 saturated heterocycles. The second-order valence-corrected chi connectivity index (χ2v) is 4.71. The van der Waals surface area contributed by atoms with E-state index in [0.29, 0.717) is 5.52 Å². The van der Waals surface area contributed by atoms with Crippen LogP contribution < -0.4 is 0 Å². The Bertz CT molecular complexity index is 674. The molecule has 0 bridgehead atoms. The van der Waals surface area contributed by atoms with Gasteiger partial charge in [-0.2, -0.15) is 0 Å². The van der Waals surface area contributed by atoms with Gasteiger partial charge in [-0.15, -0.1) is 0 Å². The molecule has 1 aromatic carbocycles. The number of nitro benzene ring substituents is 1. The first-order chi connectivity index (χ1) is 9.35. The van der Waals surface area contributed by atoms with Crippen LogP contribution in [0.3, 0.4) is 0 Å². The van der Waals surface area contributed by atoms with Crippen LogP contribution in [0.15, 0.2) is 30.5 Å². The Hall–Kier alpha value is -2.41. The van der Waals surface area contributed by atoms with Gasteiger partial charge in [0.05, 0.1) is 24.1 Å². The number of aliphatic hydroxyl groups is 1. The molecule has 0 amide bonds. The molecule has 0 radical (unpaired) electrons. The number of hydrogen-bond acceptors (Lipinski definition) is 5. The zero-order valence-corrected chi connectivity index (χ0v) is 11.1. The van der Waals surface area contributed by atoms with E-state index in [1.807, 2.05) is 0 Å². The summed E-state index contributed by atoms with van der Waals surface area (Å²) >= 11 is 0. The Morgan fingerprint density at radius 3 is 2.80 bits per heavy atom. The third kappa shape index (κ3) is 2.48. The number of esters is 1. The largest absolute Gasteiger partial charge is 0.467 e. The maximum absolute atomic E-state index is 11.5. The fraction of sp³-hybridized carbons (Fsp3) is 0.308. The van der Waals surface area contributed by atoms with E-state index in [4.69, 9.17) is 0 Å². The predicted molar refractivity (Wildman–Crippen MR) is 71.2 cm³/mol. The number of carbonyl (C=O) groups is 1. The molecule has 0 fully saturated rings. The number of nitro groups is 1. The van der Waals surface area contributed by atoms with E-state index in [-0.39, 0.29) is 12.2 Å². The Kier molecular flexibility index (Phi) is 3.46. The zero-order valence-electron chi connectivity index (χ0n) is 11.1. The highest BCUT2D eigenvalue weighted by Crippen LogP contribution is 2.23. The van der Waals surface area contributed by atoms with Gasteiger partial charge in [0.15, 0.2) is 5.60 Å². The maximum atomic E-state index is 11.5. The summed E-state index contributed by atoms with van der Waals surface area (Å²) in [5.41, 5.74) is -1.18. The normalized spacial score (nSPS) is 13.9. The lowest BCUT2D eigenvalue weighted by Crippen LogP contribution is -2.40. The van der Waals surface area contributed by atoms with Gasteiger partial charge in [0.2, 0.25) is 0 Å². The van der Waals surface area contributed by atoms with Crippen molar-refractivity contribution in [1.29, 1.82) is 0 Å². The van der Waals surface area contributed by atoms with Crippen molar-refractivity contribution in [3.05, 3.63) is 40.6 Å². The molecular formula is C13H14N2O5. The minimum atomic E-state index is -1.70. The second-order valence-electron chi connectivity index (χ2n) is 4.71. The van der Waals surface area contributed by atoms with E-state index < -0.39 is 16.5 Å². The average Bonchev–Trinajstić information content (AvgIpc) is 2.79. The monoisotopic (exact) mass is 278 g/mol. The lowest BCUT2D eigenvalue weighted by molar-refractivity contribution is -0.384. The average molecular weight is 278 g/mol. The number of ether oxygens (including phenoxy) is 1. The lowest BCUT2D eigenvalue weighted by Gasteiger charge is -2.21. The maximum Gasteiger partial charge on any atom is 0.339 e. The van der Waals surface area contributed by atoms with Gasteiger partial charge in [-0.3, -0.25) is 10.1 Å². The standard InChI is InChI=1S/C13H14N2O5/c1-13(17,12(16)20-2)8-14-6-5-9-3-4-10(15(18)19)7-11(9)14/h3-7,17H,8H2,1-2H3. The summed E-state index contributed by atoms with van der Waals surface area (Å²) in [6, 6.07) is 6.19. The highest BCUT2D eigenvalue weighted by atomic mass is 16.6. The van der Waals surface area contributed by atoms with Crippen LogP contribution in [0.4, 0.5) is 5.69 Å². The fourth-order valence-corrected chi connectivity index (χ4v) is 2.04. The van der Waals surface area contributed by atoms with E-state index in [9.17, 15) is 20.0 Å². The summed E-state index contributed by atoms with van der Waals surface area (Å²) in [4.78, 5) is 21.8. The van der Waals surface area contributed by atoms with Crippen molar-refractivity contribution in [2.24, 2.45) is 0 Å². The molecule has 7 heteroatoms. The van der Waals surface area contributed by atoms with E-state index >= 15 is 0 Å². The van der Waals surface area contributed by atoms with Crippen LogP contribution in [-0.4, -0.2) is 33.3 Å². The molecule has 0 aliphatic rings. The number of aromatic nitrogens is 1. The summed E-state index contributed by atoms with van der Waals surface area (Å²) in [6.07, 6.45) is 1.66. The van der Waals surface area contributed by atoms with Crippen molar-refractivity contribution >= 4 is 22.6 Å². The van der Waals surface area contributed by atoms with Gasteiger partial charge in [-0.1, -0.05) is 0 Å². The number of carbonyl (C=O) groups excluding carboxylic acids is 1. The van der Waals surface area contributed by atoms with Crippen molar-refractivity contribution in [3.8, 4) is 0 Å². The van der Waals surface area contributed by atoms with Crippen molar-refractivity contribution < 1.29 is 19.6 Å². The first-order valence-corrected chi connectivity index (χ1v) is 5.89. The van der Waals surface area contributed by atoms with E-state index in [0.717, 1.165) is 5.39 Å². The molecule has 1 atom stereocenters. The van der Waals surface area contributed by atoms with Gasteiger partial charge in [0.25, 0.3) is 5.69 Å². The molecule has 0 aliphatic heterocycles. The smallest absolute Gasteiger partial charge is 0.339 e. The molecule has 1 unspecified atom stereocenters. The Balaban J connectivity index is 2.42. The van der Waals surface area contributed by atoms with Crippen LogP contribution in [0, 0.1) is 10.1 Å². The first-order valence-electron chi connectivity index (χ1n) is 5.89. The third-order valence-corrected chi connectivity index (χ3v) is 3.07. The highest BCUT2D eigenvalue weighted by molar-refractivity contribution is 5.83. The molecule has 2 rings (SSSR count). The molecule has 1 aromatic heterocycles. The number of fused-ring (bicyclic) bond motifs is 1. The highest BCUT2D eigenvalue weighted by Gasteiger charge is 2.32. The minimum Gasteiger partial charge on any atom is -0.467 e. The van der Waals surface area contributed by atoms with Crippen LogP contribution >= 0.6 is 0 Å². The van der Waals surface area contributed by atoms with Crippen molar-refractivity contribution in [1.82, 2.24) is 4.57 Å². The zero-order chi connectivity index (χ0) is 14.9. The lowest BCUT2D eigenvalue weighted by atomic mass is 10.1. The van der Waals surface area contributed by atoms with Gasteiger partial charge >= 0.3 is 5.97 Å². The number of methoxy groups -OCH3 is 1. The Morgan fingerprint density at radius 2 is 2.20 bits per heavy atom. The summed E-state index contributed by atoms with van der Waals surface area (Å²) in [5, 5.41) is 21.6. The number of nitrogens with zero attached hydrogens (tertiary/aromatic N) is 2. The minimum absolute atomic E-state index is 0.0461. The van der Waals surface area contributed by atoms with Crippen LogP contribution in [0.2, 0.25) is 0 Å². The topological polar surface area (TPSA) is 94.6 Å². The molecule has 2 aromatic rings. The summed E-state index contributed by atoms with van der Waals surface area (Å²) in [7, 11) is 1.19. The number of non-ortho nitro benzene ring substituents is 1. The first kappa shape index (κ1) is 14.0. The molecule has 0 saturated carbocycles. The van der Waals surface area contributed by atoms with Crippen molar-refractivity contribution in [2.45, 2.75) is 19.1 Å². The van der Waals surface area contributed by atoms with Gasteiger partial charge in [-0.05, 0) is 19.1 Å². The van der Waals surface area contributed by atoms with Crippen LogP contribution in [0.1, 0.15) is 6.92 Å². The van der Waals surface area contributed by atoms with Crippen LogP contribution in [-0.2, 0) is 16.1 Å². The fourth-order valence-electron chi connectivity index (χ4n) is 2.04. The van der Waals surface area contributed by atoms with Crippen molar-refractivity contribution in [2.75, 3.05) is 7.11 Å². The predicted octanol–water partition coefficient (Wildman–Crippen LogP) is 1.47. The molecular weight excluding hydrogens is 264 g/mol. The third-order valence-electron chi connectivity index (χ3n) is 3.07. The SMILES string of the molecule is COC(=O)C(C)(O)Cn1ccc2ccc([N+](=O)[O-])cc21. The molecule has 1 heterocycles. The number of rotatable bonds is 4. The molecule has 0 aliphatic carbocycles.